The molecule has 0 spiro atoms. The van der Waals surface area contributed by atoms with E-state index in [9.17, 15) is 14.4 Å². The Hall–Kier alpha value is -2.57. The van der Waals surface area contributed by atoms with Crippen molar-refractivity contribution >= 4 is 17.9 Å². The monoisotopic (exact) mass is 334 g/mol. The van der Waals surface area contributed by atoms with Crippen LogP contribution in [-0.4, -0.2) is 35.5 Å². The fraction of sp³-hybridized carbons (Fsp3) is 0.471. The van der Waals surface area contributed by atoms with Crippen molar-refractivity contribution in [3.05, 3.63) is 35.3 Å². The number of furan rings is 1. The van der Waals surface area contributed by atoms with Crippen LogP contribution in [0.25, 0.3) is 0 Å². The molecule has 0 aliphatic carbocycles. The van der Waals surface area contributed by atoms with Crippen LogP contribution in [0.1, 0.15) is 49.7 Å². The average Bonchev–Trinajstić information content (AvgIpc) is 3.05. The van der Waals surface area contributed by atoms with Crippen LogP contribution in [0, 0.1) is 0 Å². The third kappa shape index (κ3) is 3.50. The average molecular weight is 334 g/mol. The number of carbonyl (C=O) groups excluding carboxylic acids is 3. The molecule has 1 aromatic rings. The summed E-state index contributed by atoms with van der Waals surface area (Å²) in [5, 5.41) is 2.74. The van der Waals surface area contributed by atoms with Gasteiger partial charge in [-0.3, -0.25) is 9.69 Å². The largest absolute Gasteiger partial charge is 0.463 e. The number of carbonyl (C=O) groups is 3. The first kappa shape index (κ1) is 17.8. The molecule has 0 aromatic carbocycles. The topological polar surface area (TPSA) is 88.8 Å². The van der Waals surface area contributed by atoms with Gasteiger partial charge >= 0.3 is 12.0 Å². The molecule has 2 heterocycles. The molecule has 0 bridgehead atoms. The summed E-state index contributed by atoms with van der Waals surface area (Å²) in [5.74, 6) is -0.962. The lowest BCUT2D eigenvalue weighted by Crippen LogP contribution is -2.43. The first-order chi connectivity index (χ1) is 11.3. The minimum absolute atomic E-state index is 0.00348. The second kappa shape index (κ2) is 6.90. The first-order valence-electron chi connectivity index (χ1n) is 7.70. The zero-order valence-electron chi connectivity index (χ0n) is 14.3. The molecule has 3 amide bonds. The van der Waals surface area contributed by atoms with E-state index in [4.69, 9.17) is 4.42 Å². The molecule has 0 unspecified atom stereocenters. The van der Waals surface area contributed by atoms with Crippen LogP contribution in [0.3, 0.4) is 0 Å². The third-order valence-electron chi connectivity index (χ3n) is 3.99. The van der Waals surface area contributed by atoms with Crippen LogP contribution in [0.15, 0.2) is 28.4 Å². The summed E-state index contributed by atoms with van der Waals surface area (Å²) in [6.45, 7) is 5.64. The Morgan fingerprint density at radius 3 is 2.75 bits per heavy atom. The van der Waals surface area contributed by atoms with Gasteiger partial charge in [-0.25, -0.2) is 9.59 Å². The number of amides is 3. The molecule has 1 fully saturated rings. The maximum Gasteiger partial charge on any atom is 0.374 e. The molecule has 0 saturated carbocycles. The van der Waals surface area contributed by atoms with Gasteiger partial charge in [0.2, 0.25) is 5.76 Å². The fourth-order valence-electron chi connectivity index (χ4n) is 2.61. The first-order valence-corrected chi connectivity index (χ1v) is 7.70. The van der Waals surface area contributed by atoms with Gasteiger partial charge in [0.1, 0.15) is 5.54 Å². The molecular weight excluding hydrogens is 312 g/mol. The Kier molecular flexibility index (Phi) is 5.11. The molecule has 0 radical (unpaired) electrons. The zero-order valence-corrected chi connectivity index (χ0v) is 14.3. The highest BCUT2D eigenvalue weighted by atomic mass is 16.5. The normalized spacial score (nSPS) is 20.1. The maximum absolute atomic E-state index is 12.7. The number of esters is 1. The standard InChI is InChI=1S/C17H22N2O5/c1-11(2)6-5-8-17(3)15(21)19(16(22)18-17)10-12-7-9-24-13(12)14(20)23-4/h6-7,9H,5,8,10H2,1-4H3,(H,18,22)/t17-/m1/s1. The highest BCUT2D eigenvalue weighted by molar-refractivity contribution is 6.06. The van der Waals surface area contributed by atoms with Crippen LogP contribution < -0.4 is 5.32 Å². The van der Waals surface area contributed by atoms with Crippen LogP contribution >= 0.6 is 0 Å². The molecule has 1 N–H and O–H groups in total. The summed E-state index contributed by atoms with van der Waals surface area (Å²) in [7, 11) is 1.24. The summed E-state index contributed by atoms with van der Waals surface area (Å²) in [4.78, 5) is 37.6. The molecule has 7 heteroatoms. The summed E-state index contributed by atoms with van der Waals surface area (Å²) >= 11 is 0. The predicted molar refractivity (Wildman–Crippen MR) is 86.2 cm³/mol. The number of ether oxygens (including phenoxy) is 1. The van der Waals surface area contributed by atoms with Crippen molar-refractivity contribution in [3.63, 3.8) is 0 Å². The van der Waals surface area contributed by atoms with E-state index >= 15 is 0 Å². The number of imide groups is 1. The fourth-order valence-corrected chi connectivity index (χ4v) is 2.61. The summed E-state index contributed by atoms with van der Waals surface area (Å²) in [6, 6.07) is 1.07. The Labute approximate surface area is 140 Å². The number of allylic oxidation sites excluding steroid dienone is 2. The van der Waals surface area contributed by atoms with E-state index in [0.29, 0.717) is 18.4 Å². The number of nitrogens with one attached hydrogen (secondary N) is 1. The second-order valence-corrected chi connectivity index (χ2v) is 6.24. The Balaban J connectivity index is 2.14. The van der Waals surface area contributed by atoms with Gasteiger partial charge < -0.3 is 14.5 Å². The Morgan fingerprint density at radius 2 is 2.12 bits per heavy atom. The van der Waals surface area contributed by atoms with Crippen LogP contribution in [0.2, 0.25) is 0 Å². The third-order valence-corrected chi connectivity index (χ3v) is 3.99. The lowest BCUT2D eigenvalue weighted by Gasteiger charge is -2.21. The van der Waals surface area contributed by atoms with Crippen LogP contribution in [-0.2, 0) is 16.1 Å². The maximum atomic E-state index is 12.7. The van der Waals surface area contributed by atoms with Gasteiger partial charge in [0.25, 0.3) is 5.91 Å². The van der Waals surface area contributed by atoms with Gasteiger partial charge in [0, 0.05) is 5.56 Å². The van der Waals surface area contributed by atoms with E-state index in [1.807, 2.05) is 19.9 Å². The predicted octanol–water partition coefficient (Wildman–Crippen LogP) is 2.62. The SMILES string of the molecule is COC(=O)c1occc1CN1C(=O)N[C@](C)(CCC=C(C)C)C1=O. The number of urea groups is 1. The molecule has 2 rings (SSSR count). The van der Waals surface area contributed by atoms with Crippen molar-refractivity contribution in [2.75, 3.05) is 7.11 Å². The van der Waals surface area contributed by atoms with E-state index in [-0.39, 0.29) is 18.2 Å². The highest BCUT2D eigenvalue weighted by Gasteiger charge is 2.47. The number of methoxy groups -OCH3 is 1. The molecular formula is C17H22N2O5. The Morgan fingerprint density at radius 1 is 1.42 bits per heavy atom. The van der Waals surface area contributed by atoms with Crippen molar-refractivity contribution in [2.45, 2.75) is 45.7 Å². The van der Waals surface area contributed by atoms with Gasteiger partial charge in [-0.1, -0.05) is 11.6 Å². The second-order valence-electron chi connectivity index (χ2n) is 6.24. The lowest BCUT2D eigenvalue weighted by atomic mass is 9.95. The van der Waals surface area contributed by atoms with E-state index < -0.39 is 17.5 Å². The number of hydrogen-bond acceptors (Lipinski definition) is 5. The van der Waals surface area contributed by atoms with Crippen molar-refractivity contribution in [2.24, 2.45) is 0 Å². The quantitative estimate of drug-likeness (QED) is 0.491. The van der Waals surface area contributed by atoms with Crippen LogP contribution in [0.5, 0.6) is 0 Å². The van der Waals surface area contributed by atoms with Crippen molar-refractivity contribution < 1.29 is 23.5 Å². The van der Waals surface area contributed by atoms with Gasteiger partial charge in [0.05, 0.1) is 19.9 Å². The smallest absolute Gasteiger partial charge is 0.374 e. The van der Waals surface area contributed by atoms with E-state index in [1.54, 1.807) is 13.0 Å². The lowest BCUT2D eigenvalue weighted by molar-refractivity contribution is -0.131. The molecule has 1 atom stereocenters. The summed E-state index contributed by atoms with van der Waals surface area (Å²) < 4.78 is 9.72. The summed E-state index contributed by atoms with van der Waals surface area (Å²) in [5.41, 5.74) is 0.644. The highest BCUT2D eigenvalue weighted by Crippen LogP contribution is 2.26. The number of nitrogens with zero attached hydrogens (tertiary/aromatic N) is 1. The molecule has 1 saturated heterocycles. The van der Waals surface area contributed by atoms with Crippen molar-refractivity contribution in [1.29, 1.82) is 0 Å². The van der Waals surface area contributed by atoms with Crippen molar-refractivity contribution in [3.8, 4) is 0 Å². The molecule has 1 aliphatic rings. The summed E-state index contributed by atoms with van der Waals surface area (Å²) in [6.07, 6.45) is 4.55. The van der Waals surface area contributed by atoms with E-state index in [1.165, 1.54) is 13.4 Å². The van der Waals surface area contributed by atoms with Gasteiger partial charge in [-0.05, 0) is 39.7 Å². The van der Waals surface area contributed by atoms with E-state index in [0.717, 1.165) is 10.5 Å². The molecule has 7 nitrogen and oxygen atoms in total. The minimum atomic E-state index is -0.946. The van der Waals surface area contributed by atoms with Crippen LogP contribution in [0.4, 0.5) is 4.79 Å². The van der Waals surface area contributed by atoms with E-state index in [2.05, 4.69) is 10.1 Å². The van der Waals surface area contributed by atoms with Crippen molar-refractivity contribution in [1.82, 2.24) is 10.2 Å². The zero-order chi connectivity index (χ0) is 17.9. The molecule has 1 aromatic heterocycles. The van der Waals surface area contributed by atoms with Gasteiger partial charge in [-0.2, -0.15) is 0 Å². The van der Waals surface area contributed by atoms with Gasteiger partial charge in [0.15, 0.2) is 0 Å². The number of rotatable bonds is 6. The molecule has 130 valence electrons. The number of hydrogen-bond donors (Lipinski definition) is 1. The Bertz CT molecular complexity index is 687. The van der Waals surface area contributed by atoms with Gasteiger partial charge in [-0.15, -0.1) is 0 Å². The molecule has 1 aliphatic heterocycles. The molecule has 24 heavy (non-hydrogen) atoms. The minimum Gasteiger partial charge on any atom is -0.463 e.